The van der Waals surface area contributed by atoms with Gasteiger partial charge in [0.2, 0.25) is 0 Å². The summed E-state index contributed by atoms with van der Waals surface area (Å²) in [4.78, 5) is 6.95. The van der Waals surface area contributed by atoms with E-state index < -0.39 is 0 Å². The van der Waals surface area contributed by atoms with Gasteiger partial charge in [0.25, 0.3) is 0 Å². The fraction of sp³-hybridized carbons (Fsp3) is 0.0435. The van der Waals surface area contributed by atoms with Gasteiger partial charge in [-0.1, -0.05) is 109 Å². The van der Waals surface area contributed by atoms with Crippen molar-refractivity contribution < 1.29 is 14.2 Å². The average molecular weight is 985 g/mol. The van der Waals surface area contributed by atoms with Gasteiger partial charge in [-0.05, 0) is 166 Å². The van der Waals surface area contributed by atoms with Crippen LogP contribution in [0, 0.1) is 0 Å². The molecule has 13 aromatic rings. The third kappa shape index (κ3) is 8.40. The fourth-order valence-corrected chi connectivity index (χ4v) is 10.8. The zero-order chi connectivity index (χ0) is 51.1. The minimum Gasteiger partial charge on any atom is -0.497 e. The third-order valence-corrected chi connectivity index (χ3v) is 14.5. The average Bonchev–Trinajstić information content (AvgIpc) is 3.85. The second-order valence-corrected chi connectivity index (χ2v) is 19.0. The van der Waals surface area contributed by atoms with Crippen LogP contribution in [0.1, 0.15) is 0 Å². The number of fused-ring (bicyclic) bond motifs is 6. The van der Waals surface area contributed by atoms with Crippen molar-refractivity contribution in [1.29, 1.82) is 0 Å². The quantitative estimate of drug-likeness (QED) is 0.115. The number of rotatable bonds is 13. The molecule has 76 heavy (non-hydrogen) atoms. The number of aromatic nitrogens is 1. The van der Waals surface area contributed by atoms with Gasteiger partial charge in [0.15, 0.2) is 0 Å². The Hall–Kier alpha value is -9.98. The second kappa shape index (κ2) is 19.5. The maximum atomic E-state index is 5.82. The van der Waals surface area contributed by atoms with Crippen molar-refractivity contribution in [1.82, 2.24) is 4.57 Å². The minimum absolute atomic E-state index is 0.783. The molecule has 0 amide bonds. The molecule has 1 heterocycles. The van der Waals surface area contributed by atoms with Crippen LogP contribution in [0.4, 0.5) is 51.2 Å². The van der Waals surface area contributed by atoms with E-state index in [1.807, 2.05) is 24.3 Å². The van der Waals surface area contributed by atoms with E-state index in [0.717, 1.165) is 107 Å². The first-order valence-electron chi connectivity index (χ1n) is 25.5. The molecule has 0 aliphatic heterocycles. The molecule has 0 atom stereocenters. The molecule has 12 aromatic carbocycles. The Balaban J connectivity index is 1.02. The Morgan fingerprint density at radius 1 is 0.250 bits per heavy atom. The molecule has 0 saturated heterocycles. The normalized spacial score (nSPS) is 11.4. The smallest absolute Gasteiger partial charge is 0.120 e. The van der Waals surface area contributed by atoms with Crippen molar-refractivity contribution in [2.24, 2.45) is 0 Å². The van der Waals surface area contributed by atoms with Crippen LogP contribution in [0.25, 0.3) is 59.8 Å². The number of nitrogens with zero attached hydrogens (tertiary/aromatic N) is 4. The highest BCUT2D eigenvalue weighted by Gasteiger charge is 2.22. The van der Waals surface area contributed by atoms with E-state index in [9.17, 15) is 0 Å². The molecule has 0 spiro atoms. The Morgan fingerprint density at radius 3 is 0.921 bits per heavy atom. The molecular weight excluding hydrogens is 933 g/mol. The second-order valence-electron chi connectivity index (χ2n) is 19.0. The molecule has 0 aliphatic rings. The summed E-state index contributed by atoms with van der Waals surface area (Å²) in [6, 6.07) is 93.0. The van der Waals surface area contributed by atoms with Crippen LogP contribution in [0.3, 0.4) is 0 Å². The van der Waals surface area contributed by atoms with Crippen molar-refractivity contribution in [2.45, 2.75) is 0 Å². The molecule has 1 aromatic heterocycles. The summed E-state index contributed by atoms with van der Waals surface area (Å²) in [5.41, 5.74) is 12.3. The highest BCUT2D eigenvalue weighted by atomic mass is 16.5. The molecule has 0 fully saturated rings. The summed E-state index contributed by atoms with van der Waals surface area (Å²) in [6.45, 7) is 0. The van der Waals surface area contributed by atoms with E-state index in [0.29, 0.717) is 0 Å². The highest BCUT2D eigenvalue weighted by Crippen LogP contribution is 2.45. The number of methoxy groups -OCH3 is 3. The predicted molar refractivity (Wildman–Crippen MR) is 317 cm³/mol. The Kier molecular flexibility index (Phi) is 11.7. The van der Waals surface area contributed by atoms with Crippen molar-refractivity contribution >= 4 is 105 Å². The molecule has 0 bridgehead atoms. The van der Waals surface area contributed by atoms with Crippen LogP contribution in [-0.4, -0.2) is 25.9 Å². The number of benzene rings is 12. The molecule has 13 rings (SSSR count). The van der Waals surface area contributed by atoms with Gasteiger partial charge in [0, 0.05) is 85.8 Å². The topological polar surface area (TPSA) is 42.3 Å². The zero-order valence-electron chi connectivity index (χ0n) is 42.3. The Labute approximate surface area is 441 Å². The van der Waals surface area contributed by atoms with Crippen molar-refractivity contribution in [3.63, 3.8) is 0 Å². The van der Waals surface area contributed by atoms with E-state index in [2.05, 4.69) is 256 Å². The summed E-state index contributed by atoms with van der Waals surface area (Å²) in [5.74, 6) is 2.36. The lowest BCUT2D eigenvalue weighted by molar-refractivity contribution is 0.415. The SMILES string of the molecule is COc1cccc(N(c2ccc(-n3c4ccc(N(c5cccc(OC)c5)c5ccc6ccccc6c5)cc4c4cc(N(c5cccc(OC)c5)c5ccc6ccccc6c5)ccc43)cc2)c2ccc3ccccc3c2)c1. The van der Waals surface area contributed by atoms with Crippen molar-refractivity contribution in [2.75, 3.05) is 36.0 Å². The molecule has 7 nitrogen and oxygen atoms in total. The summed E-state index contributed by atoms with van der Waals surface area (Å²) in [5, 5.41) is 9.26. The number of hydrogen-bond acceptors (Lipinski definition) is 6. The van der Waals surface area contributed by atoms with Crippen LogP contribution in [-0.2, 0) is 0 Å². The van der Waals surface area contributed by atoms with E-state index in [4.69, 9.17) is 14.2 Å². The van der Waals surface area contributed by atoms with E-state index in [1.54, 1.807) is 21.3 Å². The molecule has 7 heteroatoms. The van der Waals surface area contributed by atoms with Crippen LogP contribution < -0.4 is 28.9 Å². The van der Waals surface area contributed by atoms with Gasteiger partial charge >= 0.3 is 0 Å². The van der Waals surface area contributed by atoms with Gasteiger partial charge in [-0.15, -0.1) is 0 Å². The zero-order valence-corrected chi connectivity index (χ0v) is 42.3. The van der Waals surface area contributed by atoms with Gasteiger partial charge in [-0.3, -0.25) is 0 Å². The summed E-state index contributed by atoms with van der Waals surface area (Å²) in [7, 11) is 5.15. The van der Waals surface area contributed by atoms with Crippen molar-refractivity contribution in [3.05, 3.63) is 261 Å². The number of anilines is 9. The molecule has 0 saturated carbocycles. The lowest BCUT2D eigenvalue weighted by atomic mass is 10.1. The number of ether oxygens (including phenoxy) is 3. The summed E-state index contributed by atoms with van der Waals surface area (Å²) < 4.78 is 19.8. The molecule has 0 aliphatic carbocycles. The maximum absolute atomic E-state index is 5.82. The minimum atomic E-state index is 0.783. The van der Waals surface area contributed by atoms with E-state index in [-0.39, 0.29) is 0 Å². The largest absolute Gasteiger partial charge is 0.497 e. The standard InChI is InChI=1S/C69H52N4O3/c1-74-63-22-10-19-55(42-63)70(58-28-25-47-13-4-7-16-50(47)39-58)53-31-33-54(34-32-53)73-68-37-35-61(71(56-20-11-23-64(43-56)75-2)59-29-26-48-14-5-8-17-51(48)40-59)45-66(68)67-46-62(36-38-69(67)73)72(57-21-12-24-65(44-57)76-3)60-30-27-49-15-6-9-18-52(49)41-60/h4-46H,1-3H3. The fourth-order valence-electron chi connectivity index (χ4n) is 10.8. The lowest BCUT2D eigenvalue weighted by Crippen LogP contribution is -2.10. The lowest BCUT2D eigenvalue weighted by Gasteiger charge is -2.27. The van der Waals surface area contributed by atoms with Gasteiger partial charge in [-0.2, -0.15) is 0 Å². The summed E-state index contributed by atoms with van der Waals surface area (Å²) >= 11 is 0. The molecular formula is C69H52N4O3. The monoisotopic (exact) mass is 984 g/mol. The maximum Gasteiger partial charge on any atom is 0.120 e. The van der Waals surface area contributed by atoms with E-state index >= 15 is 0 Å². The summed E-state index contributed by atoms with van der Waals surface area (Å²) in [6.07, 6.45) is 0. The Morgan fingerprint density at radius 2 is 0.553 bits per heavy atom. The van der Waals surface area contributed by atoms with Crippen LogP contribution in [0.15, 0.2) is 261 Å². The Bertz CT molecular complexity index is 4110. The molecule has 0 unspecified atom stereocenters. The van der Waals surface area contributed by atoms with Crippen LogP contribution in [0.5, 0.6) is 17.2 Å². The first-order valence-corrected chi connectivity index (χ1v) is 25.5. The first kappa shape index (κ1) is 45.9. The van der Waals surface area contributed by atoms with Gasteiger partial charge in [0.05, 0.1) is 32.4 Å². The molecule has 0 radical (unpaired) electrons. The molecule has 0 N–H and O–H groups in total. The van der Waals surface area contributed by atoms with Crippen LogP contribution in [0.2, 0.25) is 0 Å². The van der Waals surface area contributed by atoms with E-state index in [1.165, 1.54) is 21.5 Å². The first-order chi connectivity index (χ1) is 37.5. The van der Waals surface area contributed by atoms with Gasteiger partial charge in [-0.25, -0.2) is 0 Å². The van der Waals surface area contributed by atoms with Gasteiger partial charge in [0.1, 0.15) is 17.2 Å². The predicted octanol–water partition coefficient (Wildman–Crippen LogP) is 18.7. The van der Waals surface area contributed by atoms with Gasteiger partial charge < -0.3 is 33.5 Å². The van der Waals surface area contributed by atoms with Crippen LogP contribution >= 0.6 is 0 Å². The number of hydrogen-bond donors (Lipinski definition) is 0. The highest BCUT2D eigenvalue weighted by molar-refractivity contribution is 6.12. The molecule has 366 valence electrons. The van der Waals surface area contributed by atoms with Crippen molar-refractivity contribution in [3.8, 4) is 22.9 Å². The third-order valence-electron chi connectivity index (χ3n) is 14.5.